The minimum Gasteiger partial charge on any atom is -0.352 e. The van der Waals surface area contributed by atoms with Crippen molar-refractivity contribution in [3.8, 4) is 5.69 Å². The van der Waals surface area contributed by atoms with E-state index in [1.165, 1.54) is 0 Å². The zero-order chi connectivity index (χ0) is 20.5. The third kappa shape index (κ3) is 4.93. The van der Waals surface area contributed by atoms with Crippen molar-refractivity contribution in [1.29, 1.82) is 0 Å². The Hall–Kier alpha value is -1.62. The van der Waals surface area contributed by atoms with Crippen LogP contribution in [-0.2, 0) is 16.4 Å². The van der Waals surface area contributed by atoms with Gasteiger partial charge in [0.25, 0.3) is 0 Å². The number of rotatable bonds is 3. The van der Waals surface area contributed by atoms with Crippen LogP contribution in [0.3, 0.4) is 0 Å². The molecule has 1 aromatic heterocycles. The molecule has 1 aromatic carbocycles. The van der Waals surface area contributed by atoms with Crippen LogP contribution in [0.5, 0.6) is 0 Å². The summed E-state index contributed by atoms with van der Waals surface area (Å²) in [4.78, 5) is 6.40. The monoisotopic (exact) mass is 531 g/mol. The highest BCUT2D eigenvalue weighted by Crippen LogP contribution is 2.24. The van der Waals surface area contributed by atoms with E-state index in [2.05, 4.69) is 33.6 Å². The molecular formula is C20H30IN5O2S. The molecule has 0 radical (unpaired) electrons. The summed E-state index contributed by atoms with van der Waals surface area (Å²) in [6, 6.07) is 10.2. The highest BCUT2D eigenvalue weighted by atomic mass is 127. The van der Waals surface area contributed by atoms with Crippen molar-refractivity contribution in [3.05, 3.63) is 47.3 Å². The van der Waals surface area contributed by atoms with Gasteiger partial charge >= 0.3 is 0 Å². The number of nitrogens with zero attached hydrogens (tertiary/aromatic N) is 4. The third-order valence-electron chi connectivity index (χ3n) is 5.22. The van der Waals surface area contributed by atoms with Gasteiger partial charge in [-0.15, -0.1) is 24.0 Å². The van der Waals surface area contributed by atoms with Crippen LogP contribution in [0.4, 0.5) is 0 Å². The van der Waals surface area contributed by atoms with Crippen molar-refractivity contribution >= 4 is 39.8 Å². The van der Waals surface area contributed by atoms with Crippen LogP contribution >= 0.6 is 24.0 Å². The first-order valence-corrected chi connectivity index (χ1v) is 11.1. The van der Waals surface area contributed by atoms with Gasteiger partial charge in [-0.05, 0) is 45.4 Å². The molecule has 1 aliphatic heterocycles. The maximum absolute atomic E-state index is 12.3. The molecule has 0 atom stereocenters. The first kappa shape index (κ1) is 23.7. The van der Waals surface area contributed by atoms with E-state index in [0.29, 0.717) is 25.6 Å². The number of nitrogens with one attached hydrogen (secondary N) is 1. The quantitative estimate of drug-likeness (QED) is 0.375. The Morgan fingerprint density at radius 3 is 2.55 bits per heavy atom. The van der Waals surface area contributed by atoms with E-state index in [0.717, 1.165) is 22.6 Å². The zero-order valence-corrected chi connectivity index (χ0v) is 20.8. The van der Waals surface area contributed by atoms with Gasteiger partial charge < -0.3 is 10.2 Å². The minimum atomic E-state index is -3.08. The molecule has 29 heavy (non-hydrogen) atoms. The Bertz CT molecular complexity index is 998. The molecule has 0 aliphatic carbocycles. The summed E-state index contributed by atoms with van der Waals surface area (Å²) in [7, 11) is -1.36. The van der Waals surface area contributed by atoms with Crippen LogP contribution in [0.2, 0.25) is 0 Å². The Kier molecular flexibility index (Phi) is 7.37. The number of guanidine groups is 1. The van der Waals surface area contributed by atoms with Gasteiger partial charge in [0.05, 0.1) is 21.9 Å². The summed E-state index contributed by atoms with van der Waals surface area (Å²) in [5.41, 5.74) is 4.18. The fraction of sp³-hybridized carbons (Fsp3) is 0.500. The summed E-state index contributed by atoms with van der Waals surface area (Å²) in [6.07, 6.45) is 0. The summed E-state index contributed by atoms with van der Waals surface area (Å²) < 4.78 is 25.7. The van der Waals surface area contributed by atoms with Crippen molar-refractivity contribution in [3.63, 3.8) is 0 Å². The van der Waals surface area contributed by atoms with Crippen LogP contribution in [0, 0.1) is 13.8 Å². The highest BCUT2D eigenvalue weighted by Gasteiger charge is 2.40. The highest BCUT2D eigenvalue weighted by molar-refractivity contribution is 14.0. The number of aromatic nitrogens is 2. The maximum Gasteiger partial charge on any atom is 0.193 e. The number of para-hydroxylation sites is 1. The van der Waals surface area contributed by atoms with Crippen LogP contribution in [-0.4, -0.2) is 59.7 Å². The van der Waals surface area contributed by atoms with Gasteiger partial charge in [0, 0.05) is 32.4 Å². The van der Waals surface area contributed by atoms with Gasteiger partial charge in [0.2, 0.25) is 0 Å². The lowest BCUT2D eigenvalue weighted by molar-refractivity contribution is 0.353. The molecule has 0 unspecified atom stereocenters. The van der Waals surface area contributed by atoms with Crippen molar-refractivity contribution in [2.45, 2.75) is 39.0 Å². The molecule has 0 spiro atoms. The van der Waals surface area contributed by atoms with Gasteiger partial charge in [-0.2, -0.15) is 5.10 Å². The van der Waals surface area contributed by atoms with Crippen LogP contribution in [0.1, 0.15) is 30.8 Å². The molecule has 1 N–H and O–H groups in total. The minimum absolute atomic E-state index is 0. The number of halogens is 1. The molecule has 0 bridgehead atoms. The zero-order valence-electron chi connectivity index (χ0n) is 17.6. The van der Waals surface area contributed by atoms with Crippen LogP contribution < -0.4 is 5.32 Å². The fourth-order valence-electron chi connectivity index (χ4n) is 3.57. The van der Waals surface area contributed by atoms with Crippen molar-refractivity contribution in [2.75, 3.05) is 25.9 Å². The predicted molar refractivity (Wildman–Crippen MR) is 128 cm³/mol. The molecule has 2 aromatic rings. The van der Waals surface area contributed by atoms with E-state index in [-0.39, 0.29) is 29.7 Å². The number of hydrogen-bond acceptors (Lipinski definition) is 4. The summed E-state index contributed by atoms with van der Waals surface area (Å²) >= 11 is 0. The molecule has 160 valence electrons. The lowest BCUT2D eigenvalue weighted by atomic mass is 10.1. The predicted octanol–water partition coefficient (Wildman–Crippen LogP) is 2.69. The van der Waals surface area contributed by atoms with E-state index in [1.807, 2.05) is 35.6 Å². The SMILES string of the molecule is CN=C(NCc1ccccc1-n1nc(C)cc1C)N1CCS(=O)(=O)C(C)(C)C1.I. The van der Waals surface area contributed by atoms with E-state index in [1.54, 1.807) is 20.9 Å². The Morgan fingerprint density at radius 1 is 1.28 bits per heavy atom. The lowest BCUT2D eigenvalue weighted by Gasteiger charge is -2.39. The van der Waals surface area contributed by atoms with Gasteiger partial charge in [-0.1, -0.05) is 18.2 Å². The lowest BCUT2D eigenvalue weighted by Crippen LogP contribution is -2.57. The average Bonchev–Trinajstić information content (AvgIpc) is 2.97. The number of aryl methyl sites for hydroxylation is 2. The molecule has 0 saturated carbocycles. The third-order valence-corrected chi connectivity index (χ3v) is 7.75. The van der Waals surface area contributed by atoms with Crippen molar-refractivity contribution in [1.82, 2.24) is 20.0 Å². The summed E-state index contributed by atoms with van der Waals surface area (Å²) in [5.74, 6) is 0.856. The Morgan fingerprint density at radius 2 is 1.97 bits per heavy atom. The van der Waals surface area contributed by atoms with Gasteiger partial charge in [0.15, 0.2) is 15.8 Å². The normalized spacial score (nSPS) is 18.2. The summed E-state index contributed by atoms with van der Waals surface area (Å²) in [5, 5.41) is 7.99. The number of sulfone groups is 1. The second-order valence-electron chi connectivity index (χ2n) is 7.87. The van der Waals surface area contributed by atoms with Gasteiger partial charge in [0.1, 0.15) is 0 Å². The fourth-order valence-corrected chi connectivity index (χ4v) is 4.94. The molecule has 1 aliphatic rings. The molecule has 3 rings (SSSR count). The Balaban J connectivity index is 0.00000300. The second kappa shape index (κ2) is 9.03. The topological polar surface area (TPSA) is 79.6 Å². The molecule has 1 saturated heterocycles. The molecule has 2 heterocycles. The van der Waals surface area contributed by atoms with E-state index >= 15 is 0 Å². The smallest absolute Gasteiger partial charge is 0.193 e. The van der Waals surface area contributed by atoms with E-state index in [4.69, 9.17) is 0 Å². The number of hydrogen-bond donors (Lipinski definition) is 1. The van der Waals surface area contributed by atoms with Crippen molar-refractivity contribution in [2.24, 2.45) is 4.99 Å². The van der Waals surface area contributed by atoms with Gasteiger partial charge in [-0.3, -0.25) is 4.99 Å². The average molecular weight is 531 g/mol. The molecule has 1 fully saturated rings. The van der Waals surface area contributed by atoms with Crippen LogP contribution in [0.15, 0.2) is 35.3 Å². The van der Waals surface area contributed by atoms with Crippen LogP contribution in [0.25, 0.3) is 5.69 Å². The molecule has 0 amide bonds. The van der Waals surface area contributed by atoms with E-state index in [9.17, 15) is 8.42 Å². The van der Waals surface area contributed by atoms with E-state index < -0.39 is 14.6 Å². The molecule has 9 heteroatoms. The van der Waals surface area contributed by atoms with Gasteiger partial charge in [-0.25, -0.2) is 13.1 Å². The maximum atomic E-state index is 12.3. The first-order chi connectivity index (χ1) is 13.1. The molecular weight excluding hydrogens is 501 g/mol. The van der Waals surface area contributed by atoms with Crippen molar-refractivity contribution < 1.29 is 8.42 Å². The second-order valence-corrected chi connectivity index (χ2v) is 10.6. The number of benzene rings is 1. The largest absolute Gasteiger partial charge is 0.352 e. The Labute approximate surface area is 190 Å². The standard InChI is InChI=1S/C20H29N5O2S.HI/c1-15-12-16(2)25(23-15)18-9-7-6-8-17(18)13-22-19(21-5)24-10-11-28(26,27)20(3,4)14-24;/h6-9,12H,10-11,13-14H2,1-5H3,(H,21,22);1H. The molecule has 7 nitrogen and oxygen atoms in total. The number of aliphatic imine (C=N–C) groups is 1. The summed E-state index contributed by atoms with van der Waals surface area (Å²) in [6.45, 7) is 9.03. The first-order valence-electron chi connectivity index (χ1n) is 9.44.